The number of hydrogen-bond acceptors (Lipinski definition) is 2. The molecule has 0 radical (unpaired) electrons. The van der Waals surface area contributed by atoms with Gasteiger partial charge in [-0.05, 0) is 25.7 Å². The van der Waals surface area contributed by atoms with E-state index in [-0.39, 0.29) is 6.10 Å². The fourth-order valence-corrected chi connectivity index (χ4v) is 1.51. The average molecular weight is 213 g/mol. The first-order valence-electron chi connectivity index (χ1n) is 6.34. The SMILES string of the molecule is CCCCCCC/C=C/CC[C@@H](O)CN. The molecular weight excluding hydrogens is 186 g/mol. The van der Waals surface area contributed by atoms with Gasteiger partial charge in [-0.25, -0.2) is 0 Å². The third-order valence-corrected chi connectivity index (χ3v) is 2.58. The minimum absolute atomic E-state index is 0.320. The minimum Gasteiger partial charge on any atom is -0.392 e. The Morgan fingerprint density at radius 3 is 2.40 bits per heavy atom. The van der Waals surface area contributed by atoms with E-state index >= 15 is 0 Å². The molecule has 0 unspecified atom stereocenters. The highest BCUT2D eigenvalue weighted by atomic mass is 16.3. The van der Waals surface area contributed by atoms with Crippen LogP contribution in [0.3, 0.4) is 0 Å². The van der Waals surface area contributed by atoms with E-state index in [9.17, 15) is 5.11 Å². The number of hydrogen-bond donors (Lipinski definition) is 2. The molecule has 0 saturated carbocycles. The van der Waals surface area contributed by atoms with E-state index in [1.807, 2.05) is 0 Å². The van der Waals surface area contributed by atoms with Gasteiger partial charge in [0.15, 0.2) is 0 Å². The normalized spacial score (nSPS) is 13.5. The molecule has 0 saturated heterocycles. The molecule has 0 aromatic heterocycles. The second-order valence-electron chi connectivity index (χ2n) is 4.14. The maximum atomic E-state index is 9.20. The molecular formula is C13H27NO. The first kappa shape index (κ1) is 14.7. The Morgan fingerprint density at radius 2 is 1.73 bits per heavy atom. The van der Waals surface area contributed by atoms with Crippen LogP contribution in [0.25, 0.3) is 0 Å². The molecule has 0 aliphatic heterocycles. The van der Waals surface area contributed by atoms with Crippen LogP contribution in [0.4, 0.5) is 0 Å². The molecule has 0 amide bonds. The van der Waals surface area contributed by atoms with Gasteiger partial charge in [0, 0.05) is 6.54 Å². The topological polar surface area (TPSA) is 46.2 Å². The molecule has 0 spiro atoms. The summed E-state index contributed by atoms with van der Waals surface area (Å²) in [4.78, 5) is 0. The predicted octanol–water partition coefficient (Wildman–Crippen LogP) is 3.00. The van der Waals surface area contributed by atoms with Crippen molar-refractivity contribution in [1.82, 2.24) is 0 Å². The van der Waals surface area contributed by atoms with Crippen LogP contribution < -0.4 is 5.73 Å². The van der Waals surface area contributed by atoms with Crippen molar-refractivity contribution >= 4 is 0 Å². The molecule has 0 aromatic rings. The molecule has 2 heteroatoms. The van der Waals surface area contributed by atoms with E-state index in [4.69, 9.17) is 5.73 Å². The van der Waals surface area contributed by atoms with Crippen molar-refractivity contribution in [2.75, 3.05) is 6.54 Å². The van der Waals surface area contributed by atoms with E-state index in [0.29, 0.717) is 6.54 Å². The monoisotopic (exact) mass is 213 g/mol. The Labute approximate surface area is 94.6 Å². The summed E-state index contributed by atoms with van der Waals surface area (Å²) in [6.45, 7) is 2.62. The van der Waals surface area contributed by atoms with E-state index in [1.54, 1.807) is 0 Å². The molecule has 3 N–H and O–H groups in total. The zero-order valence-electron chi connectivity index (χ0n) is 10.1. The minimum atomic E-state index is -0.320. The lowest BCUT2D eigenvalue weighted by atomic mass is 10.1. The van der Waals surface area contributed by atoms with Gasteiger partial charge in [-0.15, -0.1) is 0 Å². The van der Waals surface area contributed by atoms with Crippen molar-refractivity contribution in [3.05, 3.63) is 12.2 Å². The van der Waals surface area contributed by atoms with Crippen LogP contribution in [0.2, 0.25) is 0 Å². The smallest absolute Gasteiger partial charge is 0.0665 e. The van der Waals surface area contributed by atoms with Gasteiger partial charge in [0.2, 0.25) is 0 Å². The zero-order valence-corrected chi connectivity index (χ0v) is 10.1. The van der Waals surface area contributed by atoms with Crippen molar-refractivity contribution in [2.24, 2.45) is 5.73 Å². The molecule has 90 valence electrons. The van der Waals surface area contributed by atoms with Crippen molar-refractivity contribution in [1.29, 1.82) is 0 Å². The van der Waals surface area contributed by atoms with Crippen molar-refractivity contribution < 1.29 is 5.11 Å². The van der Waals surface area contributed by atoms with Gasteiger partial charge in [-0.1, -0.05) is 44.8 Å². The molecule has 0 aliphatic carbocycles. The van der Waals surface area contributed by atoms with Crippen LogP contribution in [-0.4, -0.2) is 17.8 Å². The molecule has 0 aliphatic rings. The Balaban J connectivity index is 3.10. The lowest BCUT2D eigenvalue weighted by Crippen LogP contribution is -2.18. The Hall–Kier alpha value is -0.340. The van der Waals surface area contributed by atoms with Crippen LogP contribution in [0.15, 0.2) is 12.2 Å². The Morgan fingerprint density at radius 1 is 1.07 bits per heavy atom. The zero-order chi connectivity index (χ0) is 11.4. The van der Waals surface area contributed by atoms with Crippen LogP contribution in [-0.2, 0) is 0 Å². The van der Waals surface area contributed by atoms with E-state index in [2.05, 4.69) is 19.1 Å². The van der Waals surface area contributed by atoms with Crippen molar-refractivity contribution in [3.8, 4) is 0 Å². The van der Waals surface area contributed by atoms with Gasteiger partial charge >= 0.3 is 0 Å². The molecule has 0 heterocycles. The summed E-state index contributed by atoms with van der Waals surface area (Å²) in [5.74, 6) is 0. The van der Waals surface area contributed by atoms with Crippen molar-refractivity contribution in [2.45, 2.75) is 64.4 Å². The fraction of sp³-hybridized carbons (Fsp3) is 0.846. The molecule has 15 heavy (non-hydrogen) atoms. The first-order valence-corrected chi connectivity index (χ1v) is 6.34. The Bertz CT molecular complexity index is 145. The summed E-state index contributed by atoms with van der Waals surface area (Å²) in [6.07, 6.45) is 13.7. The fourth-order valence-electron chi connectivity index (χ4n) is 1.51. The summed E-state index contributed by atoms with van der Waals surface area (Å²) >= 11 is 0. The summed E-state index contributed by atoms with van der Waals surface area (Å²) in [5, 5.41) is 9.20. The van der Waals surface area contributed by atoms with E-state index in [1.165, 1.54) is 38.5 Å². The van der Waals surface area contributed by atoms with E-state index < -0.39 is 0 Å². The number of allylic oxidation sites excluding steroid dienone is 2. The standard InChI is InChI=1S/C13H27NO/c1-2-3-4-5-6-7-8-9-10-11-13(15)12-14/h8-9,13,15H,2-7,10-12,14H2,1H3/b9-8+/t13-/m1/s1. The summed E-state index contributed by atoms with van der Waals surface area (Å²) in [7, 11) is 0. The highest BCUT2D eigenvalue weighted by Gasteiger charge is 1.96. The number of nitrogens with two attached hydrogens (primary N) is 1. The lowest BCUT2D eigenvalue weighted by Gasteiger charge is -2.03. The van der Waals surface area contributed by atoms with Crippen molar-refractivity contribution in [3.63, 3.8) is 0 Å². The van der Waals surface area contributed by atoms with Gasteiger partial charge in [-0.3, -0.25) is 0 Å². The summed E-state index contributed by atoms with van der Waals surface area (Å²) < 4.78 is 0. The largest absolute Gasteiger partial charge is 0.392 e. The lowest BCUT2D eigenvalue weighted by molar-refractivity contribution is 0.174. The van der Waals surface area contributed by atoms with Crippen LogP contribution in [0.1, 0.15) is 58.3 Å². The molecule has 0 rings (SSSR count). The second-order valence-corrected chi connectivity index (χ2v) is 4.14. The average Bonchev–Trinajstić information content (AvgIpc) is 2.26. The van der Waals surface area contributed by atoms with E-state index in [0.717, 1.165) is 12.8 Å². The van der Waals surface area contributed by atoms with Gasteiger partial charge in [0.05, 0.1) is 6.10 Å². The van der Waals surface area contributed by atoms with Gasteiger partial charge in [0.1, 0.15) is 0 Å². The van der Waals surface area contributed by atoms with Gasteiger partial charge in [0.25, 0.3) is 0 Å². The molecule has 0 aromatic carbocycles. The maximum Gasteiger partial charge on any atom is 0.0665 e. The number of unbranched alkanes of at least 4 members (excludes halogenated alkanes) is 5. The molecule has 1 atom stereocenters. The van der Waals surface area contributed by atoms with Crippen LogP contribution >= 0.6 is 0 Å². The Kier molecular flexibility index (Phi) is 11.5. The third kappa shape index (κ3) is 11.6. The van der Waals surface area contributed by atoms with Crippen LogP contribution in [0, 0.1) is 0 Å². The summed E-state index contributed by atoms with van der Waals surface area (Å²) in [5.41, 5.74) is 5.31. The number of aliphatic hydroxyl groups is 1. The molecule has 0 fully saturated rings. The maximum absolute atomic E-state index is 9.20. The quantitative estimate of drug-likeness (QED) is 0.433. The first-order chi connectivity index (χ1) is 7.31. The highest BCUT2D eigenvalue weighted by molar-refractivity contribution is 4.82. The van der Waals surface area contributed by atoms with Crippen LogP contribution in [0.5, 0.6) is 0 Å². The highest BCUT2D eigenvalue weighted by Crippen LogP contribution is 2.06. The summed E-state index contributed by atoms with van der Waals surface area (Å²) in [6, 6.07) is 0. The second kappa shape index (κ2) is 11.7. The predicted molar refractivity (Wildman–Crippen MR) is 66.8 cm³/mol. The number of aliphatic hydroxyl groups excluding tert-OH is 1. The van der Waals surface area contributed by atoms with Gasteiger partial charge < -0.3 is 10.8 Å². The number of rotatable bonds is 10. The molecule has 2 nitrogen and oxygen atoms in total. The van der Waals surface area contributed by atoms with Gasteiger partial charge in [-0.2, -0.15) is 0 Å². The molecule has 0 bridgehead atoms. The third-order valence-electron chi connectivity index (χ3n) is 2.58.